The molecular weight excluding hydrogens is 259 g/mol. The molecule has 3 nitrogen and oxygen atoms in total. The molecule has 0 aliphatic rings. The first-order chi connectivity index (χ1) is 8.67. The lowest BCUT2D eigenvalue weighted by Gasteiger charge is -2.31. The van der Waals surface area contributed by atoms with Crippen molar-refractivity contribution in [2.24, 2.45) is 11.3 Å². The molecule has 0 bridgehead atoms. The molecule has 6 heteroatoms. The molecule has 0 rings (SSSR count). The van der Waals surface area contributed by atoms with E-state index in [-0.39, 0.29) is 17.9 Å². The van der Waals surface area contributed by atoms with Gasteiger partial charge in [0.1, 0.15) is 6.61 Å². The summed E-state index contributed by atoms with van der Waals surface area (Å²) in [5.41, 5.74) is 0.0294. The van der Waals surface area contributed by atoms with E-state index in [1.54, 1.807) is 7.11 Å². The Bertz CT molecular complexity index is 227. The second-order valence-electron chi connectivity index (χ2n) is 5.72. The molecule has 0 spiro atoms. The third kappa shape index (κ3) is 11.2. The van der Waals surface area contributed by atoms with E-state index in [2.05, 4.69) is 30.8 Å². The number of alkyl halides is 3. The standard InChI is InChI=1S/C13H26F3NO2/c1-12(2,3)11(9-17-6-8-18-4)5-7-19-10-13(14,15)16/h11,17H,5-10H2,1-4H3. The lowest BCUT2D eigenvalue weighted by atomic mass is 9.79. The van der Waals surface area contributed by atoms with E-state index >= 15 is 0 Å². The molecule has 19 heavy (non-hydrogen) atoms. The number of nitrogens with one attached hydrogen (secondary N) is 1. The van der Waals surface area contributed by atoms with E-state index in [9.17, 15) is 13.2 Å². The van der Waals surface area contributed by atoms with Crippen LogP contribution in [0.3, 0.4) is 0 Å². The summed E-state index contributed by atoms with van der Waals surface area (Å²) in [6, 6.07) is 0. The molecule has 0 saturated carbocycles. The molecule has 0 amide bonds. The number of hydrogen-bond acceptors (Lipinski definition) is 3. The highest BCUT2D eigenvalue weighted by atomic mass is 19.4. The summed E-state index contributed by atoms with van der Waals surface area (Å²) in [7, 11) is 1.63. The predicted molar refractivity (Wildman–Crippen MR) is 69.2 cm³/mol. The van der Waals surface area contributed by atoms with E-state index in [1.807, 2.05) is 0 Å². The smallest absolute Gasteiger partial charge is 0.383 e. The zero-order valence-electron chi connectivity index (χ0n) is 12.3. The van der Waals surface area contributed by atoms with Gasteiger partial charge >= 0.3 is 6.18 Å². The first-order valence-corrected chi connectivity index (χ1v) is 6.51. The number of methoxy groups -OCH3 is 1. The van der Waals surface area contributed by atoms with Crippen molar-refractivity contribution >= 4 is 0 Å². The number of halogens is 3. The minimum Gasteiger partial charge on any atom is -0.383 e. The van der Waals surface area contributed by atoms with Gasteiger partial charge in [0, 0.05) is 20.3 Å². The first kappa shape index (κ1) is 18.7. The van der Waals surface area contributed by atoms with Gasteiger partial charge in [0.05, 0.1) is 6.61 Å². The Hall–Kier alpha value is -0.330. The molecule has 0 heterocycles. The molecule has 1 unspecified atom stereocenters. The van der Waals surface area contributed by atoms with Gasteiger partial charge in [-0.3, -0.25) is 0 Å². The van der Waals surface area contributed by atoms with Gasteiger partial charge < -0.3 is 14.8 Å². The second kappa shape index (κ2) is 8.76. The lowest BCUT2D eigenvalue weighted by molar-refractivity contribution is -0.175. The lowest BCUT2D eigenvalue weighted by Crippen LogP contribution is -2.34. The molecule has 0 aromatic rings. The molecular formula is C13H26F3NO2. The van der Waals surface area contributed by atoms with Crippen LogP contribution in [0.5, 0.6) is 0 Å². The van der Waals surface area contributed by atoms with Gasteiger partial charge in [0.15, 0.2) is 0 Å². The fourth-order valence-electron chi connectivity index (χ4n) is 1.71. The van der Waals surface area contributed by atoms with Gasteiger partial charge in [-0.2, -0.15) is 13.2 Å². The third-order valence-electron chi connectivity index (χ3n) is 2.97. The maximum absolute atomic E-state index is 12.0. The summed E-state index contributed by atoms with van der Waals surface area (Å²) in [6.07, 6.45) is -3.63. The van der Waals surface area contributed by atoms with Crippen LogP contribution < -0.4 is 5.32 Å². The van der Waals surface area contributed by atoms with E-state index in [0.29, 0.717) is 13.0 Å². The third-order valence-corrected chi connectivity index (χ3v) is 2.97. The Morgan fingerprint density at radius 2 is 1.74 bits per heavy atom. The van der Waals surface area contributed by atoms with Crippen molar-refractivity contribution in [3.63, 3.8) is 0 Å². The van der Waals surface area contributed by atoms with Gasteiger partial charge in [-0.05, 0) is 24.3 Å². The average Bonchev–Trinajstić information content (AvgIpc) is 2.23. The van der Waals surface area contributed by atoms with Gasteiger partial charge in [0.25, 0.3) is 0 Å². The maximum atomic E-state index is 12.0. The van der Waals surface area contributed by atoms with Crippen molar-refractivity contribution in [2.75, 3.05) is 40.0 Å². The van der Waals surface area contributed by atoms with Crippen LogP contribution in [0.15, 0.2) is 0 Å². The van der Waals surface area contributed by atoms with Crippen molar-refractivity contribution < 1.29 is 22.6 Å². The van der Waals surface area contributed by atoms with Crippen LogP contribution in [0.4, 0.5) is 13.2 Å². The molecule has 1 atom stereocenters. The maximum Gasteiger partial charge on any atom is 0.411 e. The van der Waals surface area contributed by atoms with Crippen LogP contribution in [-0.2, 0) is 9.47 Å². The van der Waals surface area contributed by atoms with Gasteiger partial charge in [0.2, 0.25) is 0 Å². The Labute approximate surface area is 113 Å². The Balaban J connectivity index is 3.94. The van der Waals surface area contributed by atoms with Crippen LogP contribution in [0.1, 0.15) is 27.2 Å². The normalized spacial score (nSPS) is 14.7. The largest absolute Gasteiger partial charge is 0.411 e. The van der Waals surface area contributed by atoms with E-state index < -0.39 is 12.8 Å². The molecule has 0 aromatic carbocycles. The zero-order valence-corrected chi connectivity index (χ0v) is 12.3. The van der Waals surface area contributed by atoms with Crippen LogP contribution >= 0.6 is 0 Å². The topological polar surface area (TPSA) is 30.5 Å². The summed E-state index contributed by atoms with van der Waals surface area (Å²) in [6.45, 7) is 7.34. The fourth-order valence-corrected chi connectivity index (χ4v) is 1.71. The van der Waals surface area contributed by atoms with Crippen LogP contribution in [0, 0.1) is 11.3 Å². The number of ether oxygens (including phenoxy) is 2. The van der Waals surface area contributed by atoms with Crippen molar-refractivity contribution in [3.8, 4) is 0 Å². The van der Waals surface area contributed by atoms with Crippen LogP contribution in [0.2, 0.25) is 0 Å². The average molecular weight is 285 g/mol. The minimum absolute atomic E-state index is 0.0294. The molecule has 0 aliphatic heterocycles. The molecule has 0 saturated heterocycles. The Morgan fingerprint density at radius 1 is 1.11 bits per heavy atom. The van der Waals surface area contributed by atoms with Crippen molar-refractivity contribution in [1.29, 1.82) is 0 Å². The van der Waals surface area contributed by atoms with Crippen LogP contribution in [-0.4, -0.2) is 46.2 Å². The highest BCUT2D eigenvalue weighted by Gasteiger charge is 2.28. The Kier molecular flexibility index (Phi) is 8.61. The van der Waals surface area contributed by atoms with Gasteiger partial charge in [-0.25, -0.2) is 0 Å². The Morgan fingerprint density at radius 3 is 2.21 bits per heavy atom. The highest BCUT2D eigenvalue weighted by molar-refractivity contribution is 4.76. The van der Waals surface area contributed by atoms with Gasteiger partial charge in [-0.15, -0.1) is 0 Å². The van der Waals surface area contributed by atoms with Crippen molar-refractivity contribution in [3.05, 3.63) is 0 Å². The van der Waals surface area contributed by atoms with E-state index in [1.165, 1.54) is 0 Å². The minimum atomic E-state index is -4.24. The molecule has 0 radical (unpaired) electrons. The molecule has 116 valence electrons. The second-order valence-corrected chi connectivity index (χ2v) is 5.72. The summed E-state index contributed by atoms with van der Waals surface area (Å²) < 4.78 is 45.5. The summed E-state index contributed by atoms with van der Waals surface area (Å²) in [5, 5.41) is 3.25. The first-order valence-electron chi connectivity index (χ1n) is 6.51. The summed E-state index contributed by atoms with van der Waals surface area (Å²) in [4.78, 5) is 0. The fraction of sp³-hybridized carbons (Fsp3) is 1.00. The molecule has 1 N–H and O–H groups in total. The highest BCUT2D eigenvalue weighted by Crippen LogP contribution is 2.28. The van der Waals surface area contributed by atoms with Crippen LogP contribution in [0.25, 0.3) is 0 Å². The van der Waals surface area contributed by atoms with Crippen molar-refractivity contribution in [1.82, 2.24) is 5.32 Å². The quantitative estimate of drug-likeness (QED) is 0.661. The van der Waals surface area contributed by atoms with Crippen molar-refractivity contribution in [2.45, 2.75) is 33.4 Å². The van der Waals surface area contributed by atoms with E-state index in [0.717, 1.165) is 13.1 Å². The van der Waals surface area contributed by atoms with E-state index in [4.69, 9.17) is 4.74 Å². The summed E-state index contributed by atoms with van der Waals surface area (Å²) >= 11 is 0. The predicted octanol–water partition coefficient (Wildman–Crippen LogP) is 2.85. The SMILES string of the molecule is COCCNCC(CCOCC(F)(F)F)C(C)(C)C. The molecule has 0 fully saturated rings. The zero-order chi connectivity index (χ0) is 14.9. The monoisotopic (exact) mass is 285 g/mol. The molecule has 0 aliphatic carbocycles. The summed E-state index contributed by atoms with van der Waals surface area (Å²) in [5.74, 6) is 0.262. The number of hydrogen-bond donors (Lipinski definition) is 1. The van der Waals surface area contributed by atoms with Gasteiger partial charge in [-0.1, -0.05) is 20.8 Å². The number of rotatable bonds is 9. The molecule has 0 aromatic heterocycles.